The zero-order chi connectivity index (χ0) is 17.4. The van der Waals surface area contributed by atoms with Gasteiger partial charge in [-0.05, 0) is 63.3 Å². The van der Waals surface area contributed by atoms with Crippen LogP contribution in [0.2, 0.25) is 0 Å². The third kappa shape index (κ3) is 3.21. The van der Waals surface area contributed by atoms with E-state index in [-0.39, 0.29) is 18.3 Å². The molecular weight excluding hydrogens is 299 g/mol. The Labute approximate surface area is 145 Å². The van der Waals surface area contributed by atoms with Gasteiger partial charge in [-0.15, -0.1) is 0 Å². The molecule has 0 unspecified atom stereocenters. The molecule has 1 saturated heterocycles. The predicted molar refractivity (Wildman–Crippen MR) is 98.8 cm³/mol. The topological polar surface area (TPSA) is 27.7 Å². The molecule has 126 valence electrons. The van der Waals surface area contributed by atoms with Gasteiger partial charge in [0, 0.05) is 0 Å². The highest BCUT2D eigenvalue weighted by Gasteiger charge is 2.51. The van der Waals surface area contributed by atoms with Crippen molar-refractivity contribution < 1.29 is 14.0 Å². The summed E-state index contributed by atoms with van der Waals surface area (Å²) in [6, 6.07) is 16.5. The highest BCUT2D eigenvalue weighted by Crippen LogP contribution is 2.36. The minimum Gasteiger partial charge on any atom is -0.494 e. The van der Waals surface area contributed by atoms with Crippen molar-refractivity contribution in [3.8, 4) is 16.9 Å². The largest absolute Gasteiger partial charge is 0.494 e. The van der Waals surface area contributed by atoms with Gasteiger partial charge in [-0.1, -0.05) is 36.4 Å². The van der Waals surface area contributed by atoms with Crippen LogP contribution in [0, 0.1) is 0 Å². The summed E-state index contributed by atoms with van der Waals surface area (Å²) in [5, 5.41) is 0. The van der Waals surface area contributed by atoms with E-state index in [4.69, 9.17) is 14.0 Å². The first kappa shape index (κ1) is 17.1. The second-order valence-electron chi connectivity index (χ2n) is 7.17. The van der Waals surface area contributed by atoms with E-state index in [2.05, 4.69) is 64.1 Å². The van der Waals surface area contributed by atoms with Crippen molar-refractivity contribution in [2.24, 2.45) is 0 Å². The zero-order valence-electron chi connectivity index (χ0n) is 15.1. The SMILES string of the molecule is CCOc1ccc(-c2ccc(B3OC(C)(C)C(C)(C)O3)cc2)cc1. The highest BCUT2D eigenvalue weighted by atomic mass is 16.7. The van der Waals surface area contributed by atoms with E-state index >= 15 is 0 Å². The molecule has 3 nitrogen and oxygen atoms in total. The maximum Gasteiger partial charge on any atom is 0.494 e. The standard InChI is InChI=1S/C20H25BO3/c1-6-22-18-13-9-16(10-14-18)15-7-11-17(12-8-15)21-23-19(2,3)20(4,5)24-21/h7-14H,6H2,1-5H3. The third-order valence-electron chi connectivity index (χ3n) is 4.93. The zero-order valence-corrected chi connectivity index (χ0v) is 15.1. The molecule has 0 amide bonds. The van der Waals surface area contributed by atoms with E-state index in [1.54, 1.807) is 0 Å². The first-order valence-electron chi connectivity index (χ1n) is 8.51. The van der Waals surface area contributed by atoms with Crippen molar-refractivity contribution in [2.45, 2.75) is 45.8 Å². The first-order valence-corrected chi connectivity index (χ1v) is 8.51. The van der Waals surface area contributed by atoms with Gasteiger partial charge in [0.2, 0.25) is 0 Å². The van der Waals surface area contributed by atoms with Crippen LogP contribution in [-0.4, -0.2) is 24.9 Å². The van der Waals surface area contributed by atoms with Gasteiger partial charge in [-0.25, -0.2) is 0 Å². The molecule has 1 fully saturated rings. The third-order valence-corrected chi connectivity index (χ3v) is 4.93. The van der Waals surface area contributed by atoms with E-state index in [1.807, 2.05) is 19.1 Å². The molecule has 0 saturated carbocycles. The highest BCUT2D eigenvalue weighted by molar-refractivity contribution is 6.62. The van der Waals surface area contributed by atoms with E-state index in [0.717, 1.165) is 11.2 Å². The van der Waals surface area contributed by atoms with Crippen LogP contribution < -0.4 is 10.2 Å². The molecule has 2 aromatic rings. The summed E-state index contributed by atoms with van der Waals surface area (Å²) in [6.07, 6.45) is 0. The predicted octanol–water partition coefficient (Wildman–Crippen LogP) is 4.05. The van der Waals surface area contributed by atoms with Gasteiger partial charge >= 0.3 is 7.12 Å². The molecule has 0 spiro atoms. The number of benzene rings is 2. The number of hydrogen-bond acceptors (Lipinski definition) is 3. The molecule has 0 N–H and O–H groups in total. The first-order chi connectivity index (χ1) is 11.3. The molecule has 0 aromatic heterocycles. The minimum absolute atomic E-state index is 0.314. The summed E-state index contributed by atoms with van der Waals surface area (Å²) < 4.78 is 17.7. The van der Waals surface area contributed by atoms with Gasteiger partial charge in [-0.3, -0.25) is 0 Å². The van der Waals surface area contributed by atoms with Crippen LogP contribution in [0.25, 0.3) is 11.1 Å². The summed E-state index contributed by atoms with van der Waals surface area (Å²) in [5.74, 6) is 0.898. The number of hydrogen-bond donors (Lipinski definition) is 0. The molecule has 0 aliphatic carbocycles. The molecule has 3 rings (SSSR count). The van der Waals surface area contributed by atoms with Gasteiger partial charge in [0.05, 0.1) is 17.8 Å². The Balaban J connectivity index is 1.76. The van der Waals surface area contributed by atoms with Crippen molar-refractivity contribution in [3.05, 3.63) is 48.5 Å². The Morgan fingerprint density at radius 3 is 1.71 bits per heavy atom. The monoisotopic (exact) mass is 324 g/mol. The van der Waals surface area contributed by atoms with E-state index < -0.39 is 0 Å². The van der Waals surface area contributed by atoms with E-state index in [9.17, 15) is 0 Å². The van der Waals surface area contributed by atoms with Crippen LogP contribution in [0.4, 0.5) is 0 Å². The van der Waals surface area contributed by atoms with Gasteiger partial charge in [0.15, 0.2) is 0 Å². The summed E-state index contributed by atoms with van der Waals surface area (Å²) in [6.45, 7) is 11.0. The average Bonchev–Trinajstić information content (AvgIpc) is 2.77. The van der Waals surface area contributed by atoms with Crippen LogP contribution >= 0.6 is 0 Å². The lowest BCUT2D eigenvalue weighted by atomic mass is 9.78. The van der Waals surface area contributed by atoms with Gasteiger partial charge in [0.25, 0.3) is 0 Å². The van der Waals surface area contributed by atoms with E-state index in [1.165, 1.54) is 11.1 Å². The number of ether oxygens (including phenoxy) is 1. The van der Waals surface area contributed by atoms with Crippen molar-refractivity contribution in [3.63, 3.8) is 0 Å². The quantitative estimate of drug-likeness (QED) is 0.794. The van der Waals surface area contributed by atoms with Crippen LogP contribution in [0.1, 0.15) is 34.6 Å². The summed E-state index contributed by atoms with van der Waals surface area (Å²) in [5.41, 5.74) is 2.75. The Kier molecular flexibility index (Phi) is 4.45. The lowest BCUT2D eigenvalue weighted by Crippen LogP contribution is -2.41. The Morgan fingerprint density at radius 1 is 0.792 bits per heavy atom. The smallest absolute Gasteiger partial charge is 0.494 e. The Hall–Kier alpha value is -1.78. The van der Waals surface area contributed by atoms with Crippen LogP contribution in [0.15, 0.2) is 48.5 Å². The van der Waals surface area contributed by atoms with Gasteiger partial charge in [0.1, 0.15) is 5.75 Å². The normalized spacial score (nSPS) is 18.6. The molecule has 1 aliphatic rings. The van der Waals surface area contributed by atoms with Crippen LogP contribution in [-0.2, 0) is 9.31 Å². The maximum atomic E-state index is 6.10. The van der Waals surface area contributed by atoms with E-state index in [0.29, 0.717) is 6.61 Å². The van der Waals surface area contributed by atoms with Crippen LogP contribution in [0.3, 0.4) is 0 Å². The molecule has 1 heterocycles. The fourth-order valence-electron chi connectivity index (χ4n) is 2.72. The maximum absolute atomic E-state index is 6.10. The fraction of sp³-hybridized carbons (Fsp3) is 0.400. The molecular formula is C20H25BO3. The molecule has 0 radical (unpaired) electrons. The Morgan fingerprint density at radius 2 is 1.25 bits per heavy atom. The van der Waals surface area contributed by atoms with Crippen molar-refractivity contribution in [1.82, 2.24) is 0 Å². The van der Waals surface area contributed by atoms with Crippen molar-refractivity contribution in [2.75, 3.05) is 6.61 Å². The summed E-state index contributed by atoms with van der Waals surface area (Å²) in [7, 11) is -0.315. The molecule has 24 heavy (non-hydrogen) atoms. The lowest BCUT2D eigenvalue weighted by Gasteiger charge is -2.32. The lowest BCUT2D eigenvalue weighted by molar-refractivity contribution is 0.00578. The van der Waals surface area contributed by atoms with Crippen molar-refractivity contribution >= 4 is 12.6 Å². The Bertz CT molecular complexity index is 674. The fourth-order valence-corrected chi connectivity index (χ4v) is 2.72. The second-order valence-corrected chi connectivity index (χ2v) is 7.17. The molecule has 0 bridgehead atoms. The second kappa shape index (κ2) is 6.27. The molecule has 1 aliphatic heterocycles. The minimum atomic E-state index is -0.315. The molecule has 0 atom stereocenters. The average molecular weight is 324 g/mol. The molecule has 2 aromatic carbocycles. The number of rotatable bonds is 4. The van der Waals surface area contributed by atoms with Crippen LogP contribution in [0.5, 0.6) is 5.75 Å². The van der Waals surface area contributed by atoms with Gasteiger partial charge < -0.3 is 14.0 Å². The molecule has 4 heteroatoms. The van der Waals surface area contributed by atoms with Crippen molar-refractivity contribution in [1.29, 1.82) is 0 Å². The van der Waals surface area contributed by atoms with Gasteiger partial charge in [-0.2, -0.15) is 0 Å². The summed E-state index contributed by atoms with van der Waals surface area (Å²) in [4.78, 5) is 0. The summed E-state index contributed by atoms with van der Waals surface area (Å²) >= 11 is 0.